The molecular formula is C29H32N4O3. The molecule has 0 radical (unpaired) electrons. The van der Waals surface area contributed by atoms with E-state index in [4.69, 9.17) is 4.74 Å². The molecule has 0 saturated heterocycles. The third kappa shape index (κ3) is 7.12. The highest BCUT2D eigenvalue weighted by molar-refractivity contribution is 6.00. The molecule has 36 heavy (non-hydrogen) atoms. The molecule has 0 unspecified atom stereocenters. The van der Waals surface area contributed by atoms with Crippen LogP contribution in [0, 0.1) is 0 Å². The Morgan fingerprint density at radius 2 is 1.19 bits per heavy atom. The molecule has 0 spiro atoms. The summed E-state index contributed by atoms with van der Waals surface area (Å²) in [6, 6.07) is 20.4. The fourth-order valence-corrected chi connectivity index (χ4v) is 3.47. The number of Topliss-reactive ketones (excluding diaryl/α,β-unsaturated/α-hetero) is 2. The van der Waals surface area contributed by atoms with Gasteiger partial charge in [0.2, 0.25) is 0 Å². The Hall–Kier alpha value is -4.26. The molecule has 0 heterocycles. The summed E-state index contributed by atoms with van der Waals surface area (Å²) >= 11 is 0. The van der Waals surface area contributed by atoms with Gasteiger partial charge in [-0.2, -0.15) is 0 Å². The van der Waals surface area contributed by atoms with Gasteiger partial charge in [0.05, 0.1) is 7.11 Å². The number of benzene rings is 3. The van der Waals surface area contributed by atoms with Crippen molar-refractivity contribution < 1.29 is 14.3 Å². The van der Waals surface area contributed by atoms with Gasteiger partial charge in [0, 0.05) is 68.7 Å². The van der Waals surface area contributed by atoms with Crippen LogP contribution in [0.1, 0.15) is 31.8 Å². The van der Waals surface area contributed by atoms with Crippen LogP contribution in [0.5, 0.6) is 5.75 Å². The number of nitrogens with zero attached hydrogens (tertiary/aromatic N) is 4. The molecule has 0 fully saturated rings. The molecule has 0 N–H and O–H groups in total. The van der Waals surface area contributed by atoms with E-state index in [1.165, 1.54) is 0 Å². The number of rotatable bonds is 11. The molecule has 3 rings (SSSR count). The standard InChI is InChI=1S/C29H32N4O3/c1-32(2)25-11-7-22(8-12-25)27(34)19-30-17-21-6-15-29(36-5)24(16-21)18-31-20-28(35)23-9-13-26(14-10-23)33(3)4/h6-18H,19-20H2,1-5H3. The number of methoxy groups -OCH3 is 1. The molecule has 186 valence electrons. The second-order valence-corrected chi connectivity index (χ2v) is 8.67. The Kier molecular flexibility index (Phi) is 9.11. The Morgan fingerprint density at radius 1 is 0.722 bits per heavy atom. The summed E-state index contributed by atoms with van der Waals surface area (Å²) in [5, 5.41) is 0. The zero-order valence-electron chi connectivity index (χ0n) is 21.4. The highest BCUT2D eigenvalue weighted by Crippen LogP contribution is 2.18. The molecular weight excluding hydrogens is 452 g/mol. The zero-order chi connectivity index (χ0) is 26.1. The summed E-state index contributed by atoms with van der Waals surface area (Å²) in [4.78, 5) is 37.6. The van der Waals surface area contributed by atoms with Gasteiger partial charge in [-0.1, -0.05) is 0 Å². The number of carbonyl (C=O) groups excluding carboxylic acids is 2. The maximum absolute atomic E-state index is 12.5. The lowest BCUT2D eigenvalue weighted by Gasteiger charge is -2.12. The third-order valence-electron chi connectivity index (χ3n) is 5.61. The zero-order valence-corrected chi connectivity index (χ0v) is 21.4. The fraction of sp³-hybridized carbons (Fsp3) is 0.241. The fourth-order valence-electron chi connectivity index (χ4n) is 3.47. The van der Waals surface area contributed by atoms with Gasteiger partial charge in [0.1, 0.15) is 18.8 Å². The lowest BCUT2D eigenvalue weighted by atomic mass is 10.1. The quantitative estimate of drug-likeness (QED) is 0.297. The molecule has 0 bridgehead atoms. The number of anilines is 2. The average Bonchev–Trinajstić information content (AvgIpc) is 2.88. The minimum absolute atomic E-state index is 0.0316. The number of carbonyl (C=O) groups is 2. The van der Waals surface area contributed by atoms with Gasteiger partial charge in [0.15, 0.2) is 11.6 Å². The van der Waals surface area contributed by atoms with E-state index in [2.05, 4.69) is 9.98 Å². The third-order valence-corrected chi connectivity index (χ3v) is 5.61. The van der Waals surface area contributed by atoms with E-state index in [0.717, 1.165) is 22.5 Å². The minimum atomic E-state index is -0.0645. The van der Waals surface area contributed by atoms with Gasteiger partial charge in [-0.25, -0.2) is 0 Å². The van der Waals surface area contributed by atoms with E-state index < -0.39 is 0 Å². The maximum atomic E-state index is 12.5. The van der Waals surface area contributed by atoms with Crippen molar-refractivity contribution >= 4 is 35.4 Å². The van der Waals surface area contributed by atoms with Gasteiger partial charge in [-0.15, -0.1) is 0 Å². The van der Waals surface area contributed by atoms with Crippen molar-refractivity contribution in [1.82, 2.24) is 0 Å². The second-order valence-electron chi connectivity index (χ2n) is 8.67. The van der Waals surface area contributed by atoms with Gasteiger partial charge in [0.25, 0.3) is 0 Å². The largest absolute Gasteiger partial charge is 0.496 e. The van der Waals surface area contributed by atoms with Crippen molar-refractivity contribution in [3.05, 3.63) is 89.0 Å². The molecule has 0 atom stereocenters. The molecule has 7 heteroatoms. The highest BCUT2D eigenvalue weighted by Gasteiger charge is 2.07. The summed E-state index contributed by atoms with van der Waals surface area (Å²) in [6.45, 7) is 0.0851. The maximum Gasteiger partial charge on any atom is 0.184 e. The number of aliphatic imine (C=N–C) groups is 2. The first-order valence-corrected chi connectivity index (χ1v) is 11.6. The van der Waals surface area contributed by atoms with E-state index in [0.29, 0.717) is 16.9 Å². The first-order chi connectivity index (χ1) is 17.3. The van der Waals surface area contributed by atoms with Crippen LogP contribution in [0.25, 0.3) is 0 Å². The SMILES string of the molecule is COc1ccc(C=NCC(=O)c2ccc(N(C)C)cc2)cc1C=NCC(=O)c1ccc(N(C)C)cc1. The van der Waals surface area contributed by atoms with Crippen molar-refractivity contribution in [3.8, 4) is 5.75 Å². The first kappa shape index (κ1) is 26.3. The molecule has 0 aliphatic rings. The molecule has 0 amide bonds. The Balaban J connectivity index is 1.63. The first-order valence-electron chi connectivity index (χ1n) is 11.6. The summed E-state index contributed by atoms with van der Waals surface area (Å²) in [6.07, 6.45) is 3.28. The van der Waals surface area contributed by atoms with Crippen LogP contribution in [-0.4, -0.2) is 72.4 Å². The Bertz CT molecular complexity index is 1240. The van der Waals surface area contributed by atoms with Crippen LogP contribution in [0.2, 0.25) is 0 Å². The van der Waals surface area contributed by atoms with Crippen LogP contribution < -0.4 is 14.5 Å². The Morgan fingerprint density at radius 3 is 1.64 bits per heavy atom. The summed E-state index contributed by atoms with van der Waals surface area (Å²) in [5.74, 6) is 0.519. The van der Waals surface area contributed by atoms with E-state index in [-0.39, 0.29) is 24.7 Å². The number of hydrogen-bond acceptors (Lipinski definition) is 7. The van der Waals surface area contributed by atoms with E-state index >= 15 is 0 Å². The molecule has 0 aliphatic heterocycles. The van der Waals surface area contributed by atoms with E-state index in [1.807, 2.05) is 105 Å². The summed E-state index contributed by atoms with van der Waals surface area (Å²) < 4.78 is 5.42. The van der Waals surface area contributed by atoms with Crippen LogP contribution in [0.15, 0.2) is 76.7 Å². The molecule has 3 aromatic rings. The molecule has 0 aliphatic carbocycles. The average molecular weight is 485 g/mol. The van der Waals surface area contributed by atoms with Gasteiger partial charge < -0.3 is 14.5 Å². The molecule has 0 saturated carbocycles. The van der Waals surface area contributed by atoms with Crippen molar-refractivity contribution in [1.29, 1.82) is 0 Å². The highest BCUT2D eigenvalue weighted by atomic mass is 16.5. The predicted octanol–water partition coefficient (Wildman–Crippen LogP) is 4.43. The summed E-state index contributed by atoms with van der Waals surface area (Å²) in [7, 11) is 9.40. The van der Waals surface area contributed by atoms with Gasteiger partial charge >= 0.3 is 0 Å². The van der Waals surface area contributed by atoms with Crippen molar-refractivity contribution in [2.45, 2.75) is 0 Å². The topological polar surface area (TPSA) is 74.6 Å². The van der Waals surface area contributed by atoms with Gasteiger partial charge in [-0.3, -0.25) is 19.6 Å². The smallest absolute Gasteiger partial charge is 0.184 e. The Labute approximate surface area is 212 Å². The van der Waals surface area contributed by atoms with Crippen LogP contribution in [0.4, 0.5) is 11.4 Å². The number of hydrogen-bond donors (Lipinski definition) is 0. The van der Waals surface area contributed by atoms with Crippen molar-refractivity contribution in [3.63, 3.8) is 0 Å². The van der Waals surface area contributed by atoms with Crippen molar-refractivity contribution in [2.75, 3.05) is 58.2 Å². The van der Waals surface area contributed by atoms with Gasteiger partial charge in [-0.05, 0) is 72.3 Å². The minimum Gasteiger partial charge on any atom is -0.496 e. The number of ether oxygens (including phenoxy) is 1. The number of ketones is 2. The lowest BCUT2D eigenvalue weighted by molar-refractivity contribution is 0.0994. The monoisotopic (exact) mass is 484 g/mol. The molecule has 3 aromatic carbocycles. The van der Waals surface area contributed by atoms with E-state index in [9.17, 15) is 9.59 Å². The second kappa shape index (κ2) is 12.4. The van der Waals surface area contributed by atoms with Crippen LogP contribution in [0.3, 0.4) is 0 Å². The normalized spacial score (nSPS) is 11.1. The molecule has 0 aromatic heterocycles. The summed E-state index contributed by atoms with van der Waals surface area (Å²) in [5.41, 5.74) is 4.84. The lowest BCUT2D eigenvalue weighted by Crippen LogP contribution is -2.09. The predicted molar refractivity (Wildman–Crippen MR) is 148 cm³/mol. The molecule has 7 nitrogen and oxygen atoms in total. The van der Waals surface area contributed by atoms with Crippen LogP contribution in [-0.2, 0) is 0 Å². The van der Waals surface area contributed by atoms with Crippen LogP contribution >= 0.6 is 0 Å². The van der Waals surface area contributed by atoms with E-state index in [1.54, 1.807) is 19.5 Å². The van der Waals surface area contributed by atoms with Crippen molar-refractivity contribution in [2.24, 2.45) is 9.98 Å².